The Hall–Kier alpha value is -3.30. The van der Waals surface area contributed by atoms with Crippen molar-refractivity contribution in [1.82, 2.24) is 4.57 Å². The fourth-order valence-corrected chi connectivity index (χ4v) is 3.28. The van der Waals surface area contributed by atoms with E-state index >= 15 is 0 Å². The Bertz CT molecular complexity index is 1230. The van der Waals surface area contributed by atoms with Crippen LogP contribution in [0.25, 0.3) is 10.8 Å². The van der Waals surface area contributed by atoms with E-state index in [0.717, 1.165) is 20.8 Å². The van der Waals surface area contributed by atoms with Gasteiger partial charge in [0.25, 0.3) is 0 Å². The summed E-state index contributed by atoms with van der Waals surface area (Å²) in [5, 5.41) is 11.0. The van der Waals surface area contributed by atoms with Gasteiger partial charge in [-0.2, -0.15) is 5.26 Å². The first-order valence-electron chi connectivity index (χ1n) is 8.59. The lowest BCUT2D eigenvalue weighted by molar-refractivity contribution is 0.289. The third-order valence-corrected chi connectivity index (χ3v) is 4.82. The van der Waals surface area contributed by atoms with E-state index in [1.54, 1.807) is 24.3 Å². The summed E-state index contributed by atoms with van der Waals surface area (Å²) in [6, 6.07) is 16.6. The van der Waals surface area contributed by atoms with E-state index in [4.69, 9.17) is 14.4 Å². The average Bonchev–Trinajstić information content (AvgIpc) is 3.09. The summed E-state index contributed by atoms with van der Waals surface area (Å²) in [7, 11) is 0. The van der Waals surface area contributed by atoms with Crippen LogP contribution < -0.4 is 10.2 Å². The summed E-state index contributed by atoms with van der Waals surface area (Å²) in [6.45, 7) is 0.686. The number of hydrogen-bond donors (Lipinski definition) is 0. The van der Waals surface area contributed by atoms with Crippen LogP contribution in [0.5, 0.6) is 5.75 Å². The molecular formula is C22H15BrN2O3. The summed E-state index contributed by atoms with van der Waals surface area (Å²) in [4.78, 5) is 12.3. The molecule has 0 aliphatic rings. The zero-order chi connectivity index (χ0) is 19.5. The van der Waals surface area contributed by atoms with Crippen molar-refractivity contribution < 1.29 is 9.15 Å². The molecule has 0 aliphatic carbocycles. The Labute approximate surface area is 169 Å². The molecule has 5 nitrogen and oxygen atoms in total. The molecule has 0 saturated heterocycles. The number of ether oxygens (including phenoxy) is 1. The van der Waals surface area contributed by atoms with Gasteiger partial charge in [-0.05, 0) is 35.2 Å². The van der Waals surface area contributed by atoms with Crippen molar-refractivity contribution in [3.05, 3.63) is 98.8 Å². The Kier molecular flexibility index (Phi) is 5.00. The predicted molar refractivity (Wildman–Crippen MR) is 109 cm³/mol. The zero-order valence-corrected chi connectivity index (χ0v) is 16.3. The van der Waals surface area contributed by atoms with E-state index in [-0.39, 0.29) is 17.8 Å². The minimum absolute atomic E-state index is 0.162. The fourth-order valence-electron chi connectivity index (χ4n) is 2.90. The Morgan fingerprint density at radius 1 is 1.07 bits per heavy atom. The number of rotatable bonds is 5. The number of nitriles is 1. The smallest absolute Gasteiger partial charge is 0.227 e. The van der Waals surface area contributed by atoms with Crippen molar-refractivity contribution in [3.8, 4) is 11.8 Å². The lowest BCUT2D eigenvalue weighted by Gasteiger charge is -2.07. The summed E-state index contributed by atoms with van der Waals surface area (Å²) < 4.78 is 14.2. The van der Waals surface area contributed by atoms with Crippen LogP contribution >= 0.6 is 15.9 Å². The van der Waals surface area contributed by atoms with Crippen molar-refractivity contribution in [2.24, 2.45) is 0 Å². The van der Waals surface area contributed by atoms with Crippen molar-refractivity contribution in [2.75, 3.05) is 0 Å². The molecular weight excluding hydrogens is 420 g/mol. The molecule has 6 heteroatoms. The van der Waals surface area contributed by atoms with Gasteiger partial charge in [0.1, 0.15) is 18.6 Å². The number of halogens is 1. The second-order valence-corrected chi connectivity index (χ2v) is 7.29. The second kappa shape index (κ2) is 7.75. The molecule has 0 bridgehead atoms. The van der Waals surface area contributed by atoms with Crippen LogP contribution in [0.2, 0.25) is 0 Å². The van der Waals surface area contributed by atoms with Crippen LogP contribution in [0, 0.1) is 11.3 Å². The molecule has 2 aromatic carbocycles. The lowest BCUT2D eigenvalue weighted by Crippen LogP contribution is -2.09. The maximum absolute atomic E-state index is 12.3. The molecule has 4 aromatic rings. The maximum atomic E-state index is 12.3. The molecule has 0 spiro atoms. The Morgan fingerprint density at radius 3 is 2.61 bits per heavy atom. The Morgan fingerprint density at radius 2 is 1.86 bits per heavy atom. The van der Waals surface area contributed by atoms with Crippen molar-refractivity contribution in [3.63, 3.8) is 0 Å². The van der Waals surface area contributed by atoms with E-state index in [0.29, 0.717) is 17.9 Å². The van der Waals surface area contributed by atoms with Gasteiger partial charge in [0.15, 0.2) is 0 Å². The molecule has 28 heavy (non-hydrogen) atoms. The third kappa shape index (κ3) is 4.00. The van der Waals surface area contributed by atoms with Gasteiger partial charge in [0.05, 0.1) is 18.2 Å². The molecule has 4 rings (SSSR count). The fraction of sp³-hybridized carbons (Fsp3) is 0.0909. The predicted octanol–water partition coefficient (Wildman–Crippen LogP) is 4.86. The van der Waals surface area contributed by atoms with Crippen LogP contribution in [0.4, 0.5) is 0 Å². The number of fused-ring (bicyclic) bond motifs is 1. The van der Waals surface area contributed by atoms with Crippen LogP contribution in [0.1, 0.15) is 16.9 Å². The first-order chi connectivity index (χ1) is 13.6. The monoisotopic (exact) mass is 434 g/mol. The number of benzene rings is 2. The maximum Gasteiger partial charge on any atom is 0.227 e. The van der Waals surface area contributed by atoms with Crippen LogP contribution in [-0.4, -0.2) is 4.57 Å². The summed E-state index contributed by atoms with van der Waals surface area (Å²) >= 11 is 3.47. The van der Waals surface area contributed by atoms with Crippen LogP contribution in [0.3, 0.4) is 0 Å². The highest BCUT2D eigenvalue weighted by Crippen LogP contribution is 2.21. The normalized spacial score (nSPS) is 10.7. The molecule has 0 fully saturated rings. The minimum Gasteiger partial charge on any atom is -0.482 e. The van der Waals surface area contributed by atoms with Gasteiger partial charge in [0.2, 0.25) is 11.2 Å². The van der Waals surface area contributed by atoms with Crippen molar-refractivity contribution in [2.45, 2.75) is 13.2 Å². The van der Waals surface area contributed by atoms with Gasteiger partial charge in [-0.1, -0.05) is 34.1 Å². The van der Waals surface area contributed by atoms with Gasteiger partial charge in [-0.25, -0.2) is 0 Å². The Balaban J connectivity index is 1.45. The van der Waals surface area contributed by atoms with Crippen LogP contribution in [0.15, 0.2) is 80.9 Å². The van der Waals surface area contributed by atoms with Gasteiger partial charge in [-0.15, -0.1) is 0 Å². The van der Waals surface area contributed by atoms with E-state index < -0.39 is 0 Å². The summed E-state index contributed by atoms with van der Waals surface area (Å²) in [5.41, 5.74) is 1.22. The highest BCUT2D eigenvalue weighted by Gasteiger charge is 2.07. The first kappa shape index (κ1) is 18.1. The molecule has 0 amide bonds. The van der Waals surface area contributed by atoms with Gasteiger partial charge in [-0.3, -0.25) is 4.79 Å². The highest BCUT2D eigenvalue weighted by molar-refractivity contribution is 9.10. The standard InChI is InChI=1S/C22H15BrN2O3/c23-19-6-5-17-10-25(11-18(17)7-19)12-20-8-21(26)22(14-27-20)28-13-16-3-1-15(9-24)2-4-16/h1-8,10-11,14H,12-13H2. The van der Waals surface area contributed by atoms with Gasteiger partial charge in [0, 0.05) is 28.3 Å². The number of nitrogens with zero attached hydrogens (tertiary/aromatic N) is 2. The summed E-state index contributed by atoms with van der Waals surface area (Å²) in [5.74, 6) is 0.713. The molecule has 0 saturated carbocycles. The molecule has 0 radical (unpaired) electrons. The molecule has 0 unspecified atom stereocenters. The molecule has 0 aliphatic heterocycles. The topological polar surface area (TPSA) is 68.2 Å². The van der Waals surface area contributed by atoms with Gasteiger partial charge >= 0.3 is 0 Å². The quantitative estimate of drug-likeness (QED) is 0.449. The zero-order valence-electron chi connectivity index (χ0n) is 14.8. The van der Waals surface area contributed by atoms with E-state index in [1.165, 1.54) is 12.3 Å². The van der Waals surface area contributed by atoms with Gasteiger partial charge < -0.3 is 13.7 Å². The molecule has 0 N–H and O–H groups in total. The number of hydrogen-bond acceptors (Lipinski definition) is 4. The SMILES string of the molecule is N#Cc1ccc(COc2coc(Cn3cc4ccc(Br)cc4c3)cc2=O)cc1. The molecule has 2 aromatic heterocycles. The minimum atomic E-state index is -0.227. The summed E-state index contributed by atoms with van der Waals surface area (Å²) in [6.07, 6.45) is 5.37. The molecule has 0 atom stereocenters. The first-order valence-corrected chi connectivity index (χ1v) is 9.38. The number of aromatic nitrogens is 1. The largest absolute Gasteiger partial charge is 0.482 e. The van der Waals surface area contributed by atoms with E-state index in [9.17, 15) is 4.79 Å². The van der Waals surface area contributed by atoms with Crippen molar-refractivity contribution >= 4 is 26.7 Å². The van der Waals surface area contributed by atoms with E-state index in [2.05, 4.69) is 22.0 Å². The highest BCUT2D eigenvalue weighted by atomic mass is 79.9. The molecule has 138 valence electrons. The molecule has 2 heterocycles. The third-order valence-electron chi connectivity index (χ3n) is 4.33. The second-order valence-electron chi connectivity index (χ2n) is 6.38. The lowest BCUT2D eigenvalue weighted by atomic mass is 10.2. The average molecular weight is 435 g/mol. The van der Waals surface area contributed by atoms with E-state index in [1.807, 2.05) is 35.2 Å². The van der Waals surface area contributed by atoms with Crippen molar-refractivity contribution in [1.29, 1.82) is 5.26 Å². The van der Waals surface area contributed by atoms with Crippen LogP contribution in [-0.2, 0) is 13.2 Å².